The highest BCUT2D eigenvalue weighted by atomic mass is 16.2. The van der Waals surface area contributed by atoms with Crippen LogP contribution in [0.3, 0.4) is 0 Å². The van der Waals surface area contributed by atoms with Crippen LogP contribution >= 0.6 is 0 Å². The highest BCUT2D eigenvalue weighted by molar-refractivity contribution is 5.85. The van der Waals surface area contributed by atoms with Crippen molar-refractivity contribution >= 4 is 5.91 Å². The summed E-state index contributed by atoms with van der Waals surface area (Å²) >= 11 is 0. The van der Waals surface area contributed by atoms with E-state index in [-0.39, 0.29) is 11.9 Å². The first kappa shape index (κ1) is 14.3. The second kappa shape index (κ2) is 5.46. The summed E-state index contributed by atoms with van der Waals surface area (Å²) < 4.78 is 1.78. The number of benzene rings is 1. The lowest BCUT2D eigenvalue weighted by Gasteiger charge is -2.22. The Morgan fingerprint density at radius 3 is 2.75 bits per heavy atom. The third kappa shape index (κ3) is 3.24. The Morgan fingerprint density at radius 1 is 1.40 bits per heavy atom. The molecular weight excluding hydrogens is 252 g/mol. The summed E-state index contributed by atoms with van der Waals surface area (Å²) in [5, 5.41) is 7.11. The molecule has 0 bridgehead atoms. The number of rotatable bonds is 4. The average Bonchev–Trinajstić information content (AvgIpc) is 2.91. The van der Waals surface area contributed by atoms with Crippen LogP contribution in [0.1, 0.15) is 32.4 Å². The Kier molecular flexibility index (Phi) is 3.90. The van der Waals surface area contributed by atoms with Crippen LogP contribution in [-0.2, 0) is 4.79 Å². The van der Waals surface area contributed by atoms with E-state index in [1.54, 1.807) is 24.7 Å². The van der Waals surface area contributed by atoms with Gasteiger partial charge in [0.25, 0.3) is 0 Å². The molecule has 0 radical (unpaired) electrons. The average molecular weight is 272 g/mol. The molecule has 5 nitrogen and oxygen atoms in total. The Bertz CT molecular complexity index is 584. The van der Waals surface area contributed by atoms with Crippen LogP contribution in [-0.4, -0.2) is 21.2 Å². The van der Waals surface area contributed by atoms with Crippen LogP contribution in [0.2, 0.25) is 0 Å². The van der Waals surface area contributed by atoms with Crippen molar-refractivity contribution in [3.8, 4) is 5.69 Å². The Hall–Kier alpha value is -2.14. The second-order valence-electron chi connectivity index (χ2n) is 5.46. The summed E-state index contributed by atoms with van der Waals surface area (Å²) in [5.41, 5.74) is 6.87. The molecule has 5 heteroatoms. The third-order valence-corrected chi connectivity index (χ3v) is 3.07. The van der Waals surface area contributed by atoms with E-state index < -0.39 is 5.54 Å². The van der Waals surface area contributed by atoms with Crippen LogP contribution in [0.4, 0.5) is 0 Å². The highest BCUT2D eigenvalue weighted by Gasteiger charge is 2.23. The normalized spacial score (nSPS) is 13.0. The smallest absolute Gasteiger partial charge is 0.239 e. The maximum absolute atomic E-state index is 11.9. The quantitative estimate of drug-likeness (QED) is 0.891. The number of nitrogens with zero attached hydrogens (tertiary/aromatic N) is 2. The fourth-order valence-electron chi connectivity index (χ4n) is 1.82. The minimum Gasteiger partial charge on any atom is -0.348 e. The topological polar surface area (TPSA) is 72.9 Å². The molecule has 1 unspecified atom stereocenters. The monoisotopic (exact) mass is 272 g/mol. The Labute approximate surface area is 118 Å². The Morgan fingerprint density at radius 2 is 2.15 bits per heavy atom. The van der Waals surface area contributed by atoms with Crippen molar-refractivity contribution in [3.63, 3.8) is 0 Å². The number of hydrogen-bond donors (Lipinski definition) is 2. The van der Waals surface area contributed by atoms with Gasteiger partial charge in [0.05, 0.1) is 17.3 Å². The summed E-state index contributed by atoms with van der Waals surface area (Å²) in [6.07, 6.45) is 3.61. The number of hydrogen-bond acceptors (Lipinski definition) is 3. The molecule has 106 valence electrons. The van der Waals surface area contributed by atoms with Crippen molar-refractivity contribution in [2.75, 3.05) is 0 Å². The molecule has 3 N–H and O–H groups in total. The van der Waals surface area contributed by atoms with Gasteiger partial charge in [-0.05, 0) is 44.5 Å². The number of carbonyl (C=O) groups is 1. The zero-order valence-electron chi connectivity index (χ0n) is 12.0. The lowest BCUT2D eigenvalue weighted by molar-refractivity contribution is -0.125. The van der Waals surface area contributed by atoms with Gasteiger partial charge >= 0.3 is 0 Å². The molecule has 1 atom stereocenters. The molecule has 1 aromatic carbocycles. The molecule has 0 aliphatic heterocycles. The van der Waals surface area contributed by atoms with E-state index in [0.717, 1.165) is 11.3 Å². The minimum atomic E-state index is -0.881. The van der Waals surface area contributed by atoms with E-state index in [4.69, 9.17) is 5.73 Å². The SMILES string of the molecule is CC(NC(=O)C(C)(C)N)c1cccc(-n2cccn2)c1. The first-order valence-corrected chi connectivity index (χ1v) is 6.58. The van der Waals surface area contributed by atoms with E-state index in [1.807, 2.05) is 43.5 Å². The van der Waals surface area contributed by atoms with Crippen LogP contribution in [0.5, 0.6) is 0 Å². The molecule has 2 rings (SSSR count). The molecule has 1 heterocycles. The summed E-state index contributed by atoms with van der Waals surface area (Å²) in [4.78, 5) is 11.9. The van der Waals surface area contributed by atoms with Gasteiger partial charge in [-0.15, -0.1) is 0 Å². The zero-order valence-corrected chi connectivity index (χ0v) is 12.0. The van der Waals surface area contributed by atoms with Crippen molar-refractivity contribution in [2.24, 2.45) is 5.73 Å². The number of carbonyl (C=O) groups excluding carboxylic acids is 1. The first-order valence-electron chi connectivity index (χ1n) is 6.58. The maximum Gasteiger partial charge on any atom is 0.239 e. The first-order chi connectivity index (χ1) is 9.38. The molecule has 0 aliphatic rings. The molecule has 1 amide bonds. The third-order valence-electron chi connectivity index (χ3n) is 3.07. The molecule has 2 aromatic rings. The van der Waals surface area contributed by atoms with Gasteiger partial charge in [-0.25, -0.2) is 4.68 Å². The van der Waals surface area contributed by atoms with Crippen molar-refractivity contribution < 1.29 is 4.79 Å². The van der Waals surface area contributed by atoms with E-state index in [0.29, 0.717) is 0 Å². The standard InChI is InChI=1S/C15H20N4O/c1-11(18-14(20)15(2,3)16)12-6-4-7-13(10-12)19-9-5-8-17-19/h4-11H,16H2,1-3H3,(H,18,20). The zero-order chi connectivity index (χ0) is 14.8. The summed E-state index contributed by atoms with van der Waals surface area (Å²) in [7, 11) is 0. The summed E-state index contributed by atoms with van der Waals surface area (Å²) in [5.74, 6) is -0.172. The molecular formula is C15H20N4O. The molecule has 0 saturated carbocycles. The molecule has 0 fully saturated rings. The number of aromatic nitrogens is 2. The van der Waals surface area contributed by atoms with Gasteiger partial charge in [-0.3, -0.25) is 4.79 Å². The van der Waals surface area contributed by atoms with Crippen molar-refractivity contribution in [1.29, 1.82) is 0 Å². The number of nitrogens with two attached hydrogens (primary N) is 1. The van der Waals surface area contributed by atoms with E-state index >= 15 is 0 Å². The molecule has 0 aliphatic carbocycles. The van der Waals surface area contributed by atoms with Crippen LogP contribution in [0.15, 0.2) is 42.7 Å². The predicted octanol–water partition coefficient (Wildman–Crippen LogP) is 1.79. The predicted molar refractivity (Wildman–Crippen MR) is 78.4 cm³/mol. The van der Waals surface area contributed by atoms with Gasteiger partial charge in [-0.1, -0.05) is 12.1 Å². The van der Waals surface area contributed by atoms with Crippen LogP contribution in [0.25, 0.3) is 5.69 Å². The van der Waals surface area contributed by atoms with Gasteiger partial charge < -0.3 is 11.1 Å². The van der Waals surface area contributed by atoms with Gasteiger partial charge in [0.1, 0.15) is 0 Å². The number of amides is 1. The van der Waals surface area contributed by atoms with Gasteiger partial charge in [0.15, 0.2) is 0 Å². The van der Waals surface area contributed by atoms with Crippen LogP contribution in [0, 0.1) is 0 Å². The minimum absolute atomic E-state index is 0.110. The lowest BCUT2D eigenvalue weighted by Crippen LogP contribution is -2.49. The summed E-state index contributed by atoms with van der Waals surface area (Å²) in [6.45, 7) is 5.32. The van der Waals surface area contributed by atoms with Gasteiger partial charge in [0, 0.05) is 12.4 Å². The number of nitrogens with one attached hydrogen (secondary N) is 1. The second-order valence-corrected chi connectivity index (χ2v) is 5.46. The van der Waals surface area contributed by atoms with E-state index in [2.05, 4.69) is 10.4 Å². The van der Waals surface area contributed by atoms with Crippen molar-refractivity contribution in [3.05, 3.63) is 48.3 Å². The Balaban J connectivity index is 2.17. The maximum atomic E-state index is 11.9. The van der Waals surface area contributed by atoms with E-state index in [9.17, 15) is 4.79 Å². The van der Waals surface area contributed by atoms with Gasteiger partial charge in [0.2, 0.25) is 5.91 Å². The van der Waals surface area contributed by atoms with Gasteiger partial charge in [-0.2, -0.15) is 5.10 Å². The summed E-state index contributed by atoms with van der Waals surface area (Å²) in [6, 6.07) is 9.65. The molecule has 20 heavy (non-hydrogen) atoms. The largest absolute Gasteiger partial charge is 0.348 e. The highest BCUT2D eigenvalue weighted by Crippen LogP contribution is 2.17. The molecule has 0 spiro atoms. The van der Waals surface area contributed by atoms with Crippen molar-refractivity contribution in [2.45, 2.75) is 32.4 Å². The van der Waals surface area contributed by atoms with Crippen molar-refractivity contribution in [1.82, 2.24) is 15.1 Å². The fraction of sp³-hybridized carbons (Fsp3) is 0.333. The molecule has 0 saturated heterocycles. The fourth-order valence-corrected chi connectivity index (χ4v) is 1.82. The van der Waals surface area contributed by atoms with E-state index in [1.165, 1.54) is 0 Å². The van der Waals surface area contributed by atoms with Crippen LogP contribution < -0.4 is 11.1 Å². The lowest BCUT2D eigenvalue weighted by atomic mass is 10.0. The molecule has 1 aromatic heterocycles.